The number of aliphatic hydroxyl groups is 1. The Morgan fingerprint density at radius 3 is 2.47 bits per heavy atom. The van der Waals surface area contributed by atoms with E-state index in [1.54, 1.807) is 0 Å². The zero-order valence-electron chi connectivity index (χ0n) is 8.86. The molecular formula is C9H16N2O4. The van der Waals surface area contributed by atoms with Crippen molar-refractivity contribution in [3.63, 3.8) is 0 Å². The fourth-order valence-corrected chi connectivity index (χ4v) is 1.33. The number of urea groups is 1. The minimum absolute atomic E-state index is 0.265. The molecule has 0 aromatic carbocycles. The summed E-state index contributed by atoms with van der Waals surface area (Å²) < 4.78 is 0. The highest BCUT2D eigenvalue weighted by Crippen LogP contribution is 2.10. The minimum Gasteiger partial charge on any atom is -0.480 e. The predicted octanol–water partition coefficient (Wildman–Crippen LogP) is -0.374. The lowest BCUT2D eigenvalue weighted by molar-refractivity contribution is -0.143. The van der Waals surface area contributed by atoms with Gasteiger partial charge in [0.15, 0.2) is 0 Å². The average molecular weight is 216 g/mol. The average Bonchev–Trinajstić information content (AvgIpc) is 2.50. The van der Waals surface area contributed by atoms with E-state index in [4.69, 9.17) is 5.11 Å². The second-order valence-electron chi connectivity index (χ2n) is 4.25. The summed E-state index contributed by atoms with van der Waals surface area (Å²) in [4.78, 5) is 23.7. The van der Waals surface area contributed by atoms with Gasteiger partial charge in [-0.2, -0.15) is 0 Å². The summed E-state index contributed by atoms with van der Waals surface area (Å²) in [6, 6.07) is -0.445. The summed E-state index contributed by atoms with van der Waals surface area (Å²) in [6.45, 7) is 3.56. The Bertz CT molecular complexity index is 277. The number of carbonyl (C=O) groups is 2. The molecule has 0 aliphatic carbocycles. The molecule has 3 N–H and O–H groups in total. The van der Waals surface area contributed by atoms with Gasteiger partial charge in [0, 0.05) is 13.1 Å². The fraction of sp³-hybridized carbons (Fsp3) is 0.778. The summed E-state index contributed by atoms with van der Waals surface area (Å²) in [5.41, 5.74) is -1.29. The molecule has 1 saturated heterocycles. The van der Waals surface area contributed by atoms with E-state index in [2.05, 4.69) is 5.32 Å². The highest BCUT2D eigenvalue weighted by Gasteiger charge is 2.33. The lowest BCUT2D eigenvalue weighted by Gasteiger charge is -2.25. The number of amides is 2. The van der Waals surface area contributed by atoms with E-state index < -0.39 is 23.6 Å². The monoisotopic (exact) mass is 216 g/mol. The first-order chi connectivity index (χ1) is 6.83. The number of carboxylic acids is 1. The zero-order chi connectivity index (χ0) is 11.6. The summed E-state index contributed by atoms with van der Waals surface area (Å²) in [6.07, 6.45) is 0.0460. The second kappa shape index (κ2) is 4.06. The van der Waals surface area contributed by atoms with Crippen molar-refractivity contribution in [2.75, 3.05) is 13.1 Å². The first-order valence-corrected chi connectivity index (χ1v) is 4.81. The molecule has 15 heavy (non-hydrogen) atoms. The van der Waals surface area contributed by atoms with Crippen molar-refractivity contribution in [3.8, 4) is 0 Å². The summed E-state index contributed by atoms with van der Waals surface area (Å²) >= 11 is 0. The van der Waals surface area contributed by atoms with Gasteiger partial charge in [0.2, 0.25) is 0 Å². The van der Waals surface area contributed by atoms with E-state index in [9.17, 15) is 14.7 Å². The second-order valence-corrected chi connectivity index (χ2v) is 4.25. The Morgan fingerprint density at radius 2 is 2.07 bits per heavy atom. The van der Waals surface area contributed by atoms with Crippen molar-refractivity contribution >= 4 is 12.0 Å². The maximum atomic E-state index is 11.6. The quantitative estimate of drug-likeness (QED) is 0.587. The van der Waals surface area contributed by atoms with Gasteiger partial charge < -0.3 is 20.4 Å². The normalized spacial score (nSPS) is 21.5. The van der Waals surface area contributed by atoms with Gasteiger partial charge in [0.05, 0.1) is 6.10 Å². The van der Waals surface area contributed by atoms with Crippen LogP contribution in [0.15, 0.2) is 0 Å². The number of hydrogen-bond donors (Lipinski definition) is 3. The molecule has 0 spiro atoms. The van der Waals surface area contributed by atoms with Gasteiger partial charge in [-0.25, -0.2) is 9.59 Å². The lowest BCUT2D eigenvalue weighted by Crippen LogP contribution is -2.53. The van der Waals surface area contributed by atoms with Gasteiger partial charge in [-0.3, -0.25) is 0 Å². The van der Waals surface area contributed by atoms with Crippen LogP contribution in [0.25, 0.3) is 0 Å². The van der Waals surface area contributed by atoms with E-state index in [0.29, 0.717) is 13.0 Å². The van der Waals surface area contributed by atoms with Crippen LogP contribution in [0.3, 0.4) is 0 Å². The molecule has 1 heterocycles. The molecule has 6 heteroatoms. The molecule has 6 nitrogen and oxygen atoms in total. The van der Waals surface area contributed by atoms with E-state index >= 15 is 0 Å². The molecule has 0 radical (unpaired) electrons. The van der Waals surface area contributed by atoms with Crippen molar-refractivity contribution in [1.29, 1.82) is 0 Å². The predicted molar refractivity (Wildman–Crippen MR) is 52.4 cm³/mol. The number of aliphatic carboxylic acids is 1. The molecule has 1 atom stereocenters. The molecular weight excluding hydrogens is 200 g/mol. The molecule has 1 fully saturated rings. The van der Waals surface area contributed by atoms with Gasteiger partial charge >= 0.3 is 12.0 Å². The maximum Gasteiger partial charge on any atom is 0.328 e. The number of nitrogens with zero attached hydrogens (tertiary/aromatic N) is 1. The number of likely N-dealkylation sites (tertiary alicyclic amines) is 1. The van der Waals surface area contributed by atoms with Crippen molar-refractivity contribution in [3.05, 3.63) is 0 Å². The van der Waals surface area contributed by atoms with E-state index in [0.717, 1.165) is 0 Å². The Kier molecular flexibility index (Phi) is 3.18. The molecule has 2 amide bonds. The molecule has 1 unspecified atom stereocenters. The summed E-state index contributed by atoms with van der Waals surface area (Å²) in [7, 11) is 0. The Hall–Kier alpha value is -1.30. The van der Waals surface area contributed by atoms with Crippen molar-refractivity contribution in [2.45, 2.75) is 31.9 Å². The SMILES string of the molecule is CC(C)(NC(=O)N1CCC(O)C1)C(=O)O. The van der Waals surface area contributed by atoms with E-state index in [1.165, 1.54) is 18.7 Å². The molecule has 0 aromatic rings. The molecule has 1 aliphatic rings. The minimum atomic E-state index is -1.29. The smallest absolute Gasteiger partial charge is 0.328 e. The molecule has 86 valence electrons. The zero-order valence-corrected chi connectivity index (χ0v) is 8.86. The van der Waals surface area contributed by atoms with Gasteiger partial charge in [-0.05, 0) is 20.3 Å². The third-order valence-electron chi connectivity index (χ3n) is 2.40. The van der Waals surface area contributed by atoms with Crippen molar-refractivity contribution in [1.82, 2.24) is 10.2 Å². The third kappa shape index (κ3) is 2.82. The Morgan fingerprint density at radius 1 is 1.47 bits per heavy atom. The molecule has 0 bridgehead atoms. The lowest BCUT2D eigenvalue weighted by atomic mass is 10.1. The first kappa shape index (κ1) is 11.8. The highest BCUT2D eigenvalue weighted by atomic mass is 16.4. The maximum absolute atomic E-state index is 11.6. The van der Waals surface area contributed by atoms with Crippen molar-refractivity contribution < 1.29 is 19.8 Å². The Labute approximate surface area is 87.9 Å². The van der Waals surface area contributed by atoms with Crippen LogP contribution in [-0.4, -0.2) is 51.8 Å². The standard InChI is InChI=1S/C9H16N2O4/c1-9(2,7(13)14)10-8(15)11-4-3-6(12)5-11/h6,12H,3-5H2,1-2H3,(H,10,15)(H,13,14). The van der Waals surface area contributed by atoms with Crippen molar-refractivity contribution in [2.24, 2.45) is 0 Å². The number of carboxylic acid groups (broad SMARTS) is 1. The number of β-amino-alcohol motifs (C(OH)–C–C–N with tert-alkyl or cyclic N) is 1. The van der Waals surface area contributed by atoms with Crippen LogP contribution in [-0.2, 0) is 4.79 Å². The molecule has 0 aromatic heterocycles. The highest BCUT2D eigenvalue weighted by molar-refractivity contribution is 5.85. The number of aliphatic hydroxyl groups excluding tert-OH is 1. The van der Waals surface area contributed by atoms with Gasteiger partial charge in [0.1, 0.15) is 5.54 Å². The molecule has 1 aliphatic heterocycles. The van der Waals surface area contributed by atoms with Gasteiger partial charge in [0.25, 0.3) is 0 Å². The number of nitrogens with one attached hydrogen (secondary N) is 1. The van der Waals surface area contributed by atoms with Crippen LogP contribution in [0.5, 0.6) is 0 Å². The first-order valence-electron chi connectivity index (χ1n) is 4.81. The van der Waals surface area contributed by atoms with Crippen LogP contribution < -0.4 is 5.32 Å². The Balaban J connectivity index is 2.52. The van der Waals surface area contributed by atoms with E-state index in [1.807, 2.05) is 0 Å². The number of rotatable bonds is 2. The third-order valence-corrected chi connectivity index (χ3v) is 2.40. The molecule has 0 saturated carbocycles. The topological polar surface area (TPSA) is 89.9 Å². The van der Waals surface area contributed by atoms with Crippen LogP contribution in [0.1, 0.15) is 20.3 Å². The molecule has 1 rings (SSSR count). The largest absolute Gasteiger partial charge is 0.480 e. The van der Waals surface area contributed by atoms with E-state index in [-0.39, 0.29) is 6.54 Å². The fourth-order valence-electron chi connectivity index (χ4n) is 1.33. The van der Waals surface area contributed by atoms with Crippen LogP contribution in [0, 0.1) is 0 Å². The van der Waals surface area contributed by atoms with Crippen LogP contribution in [0.2, 0.25) is 0 Å². The summed E-state index contributed by atoms with van der Waals surface area (Å²) in [5.74, 6) is -1.09. The van der Waals surface area contributed by atoms with Gasteiger partial charge in [-0.15, -0.1) is 0 Å². The van der Waals surface area contributed by atoms with Crippen LogP contribution >= 0.6 is 0 Å². The van der Waals surface area contributed by atoms with Crippen LogP contribution in [0.4, 0.5) is 4.79 Å². The number of carbonyl (C=O) groups excluding carboxylic acids is 1. The van der Waals surface area contributed by atoms with Gasteiger partial charge in [-0.1, -0.05) is 0 Å². The summed E-state index contributed by atoms with van der Waals surface area (Å²) in [5, 5.41) is 20.4. The number of hydrogen-bond acceptors (Lipinski definition) is 3.